The van der Waals surface area contributed by atoms with E-state index in [4.69, 9.17) is 16.3 Å². The van der Waals surface area contributed by atoms with E-state index in [0.717, 1.165) is 6.42 Å². The number of carbonyl (C=O) groups is 2. The number of hydrogen-bond donors (Lipinski definition) is 2. The first kappa shape index (κ1) is 20.3. The van der Waals surface area contributed by atoms with Gasteiger partial charge in [-0.3, -0.25) is 14.5 Å². The summed E-state index contributed by atoms with van der Waals surface area (Å²) in [6.07, 6.45) is 0.935. The fourth-order valence-electron chi connectivity index (χ4n) is 2.07. The quantitative estimate of drug-likeness (QED) is 0.713. The second kappa shape index (κ2) is 10.2. The number of halogens is 1. The summed E-state index contributed by atoms with van der Waals surface area (Å²) in [5.41, 5.74) is 0.504. The molecule has 0 aromatic heterocycles. The molecule has 0 bridgehead atoms. The number of benzene rings is 1. The number of nitrogens with one attached hydrogen (secondary N) is 2. The van der Waals surface area contributed by atoms with Gasteiger partial charge in [-0.2, -0.15) is 0 Å². The summed E-state index contributed by atoms with van der Waals surface area (Å²) >= 11 is 5.93. The van der Waals surface area contributed by atoms with E-state index in [1.54, 1.807) is 30.1 Å². The van der Waals surface area contributed by atoms with Gasteiger partial charge < -0.3 is 15.4 Å². The average molecular weight is 356 g/mol. The van der Waals surface area contributed by atoms with Crippen molar-refractivity contribution in [3.8, 4) is 5.75 Å². The summed E-state index contributed by atoms with van der Waals surface area (Å²) in [4.78, 5) is 25.6. The van der Waals surface area contributed by atoms with Crippen molar-refractivity contribution in [3.63, 3.8) is 0 Å². The molecule has 1 rings (SSSR count). The van der Waals surface area contributed by atoms with Crippen molar-refractivity contribution in [3.05, 3.63) is 23.2 Å². The molecule has 0 radical (unpaired) electrons. The lowest BCUT2D eigenvalue weighted by molar-refractivity contribution is -0.123. The zero-order chi connectivity index (χ0) is 18.1. The van der Waals surface area contributed by atoms with Crippen LogP contribution >= 0.6 is 11.6 Å². The fraction of sp³-hybridized carbons (Fsp3) is 0.529. The molecule has 0 fully saturated rings. The Balaban J connectivity index is 2.44. The van der Waals surface area contributed by atoms with Crippen LogP contribution in [0, 0.1) is 5.92 Å². The Hall–Kier alpha value is -1.79. The zero-order valence-corrected chi connectivity index (χ0v) is 15.4. The highest BCUT2D eigenvalue weighted by Gasteiger charge is 2.13. The standard InChI is InChI=1S/C17H26ClN3O3/c1-12(2)7-8-19-16(22)10-21(3)11-17(23)20-14-9-13(18)5-6-15(14)24-4/h5-6,9,12H,7-8,10-11H2,1-4H3,(H,19,22)(H,20,23). The number of hydrogen-bond acceptors (Lipinski definition) is 4. The lowest BCUT2D eigenvalue weighted by atomic mass is 10.1. The normalized spacial score (nSPS) is 10.8. The van der Waals surface area contributed by atoms with E-state index in [1.807, 2.05) is 0 Å². The maximum Gasteiger partial charge on any atom is 0.238 e. The monoisotopic (exact) mass is 355 g/mol. The predicted octanol–water partition coefficient (Wildman–Crippen LogP) is 2.38. The van der Waals surface area contributed by atoms with Crippen LogP contribution in [0.1, 0.15) is 20.3 Å². The van der Waals surface area contributed by atoms with Crippen LogP contribution in [-0.2, 0) is 9.59 Å². The Kier molecular flexibility index (Phi) is 8.57. The van der Waals surface area contributed by atoms with Crippen LogP contribution < -0.4 is 15.4 Å². The van der Waals surface area contributed by atoms with Gasteiger partial charge in [0.05, 0.1) is 25.9 Å². The molecular formula is C17H26ClN3O3. The van der Waals surface area contributed by atoms with Gasteiger partial charge in [0.15, 0.2) is 0 Å². The molecule has 0 unspecified atom stereocenters. The van der Waals surface area contributed by atoms with E-state index >= 15 is 0 Å². The third kappa shape index (κ3) is 7.66. The van der Waals surface area contributed by atoms with Crippen molar-refractivity contribution in [1.82, 2.24) is 10.2 Å². The number of nitrogens with zero attached hydrogens (tertiary/aromatic N) is 1. The van der Waals surface area contributed by atoms with E-state index < -0.39 is 0 Å². The molecule has 0 saturated heterocycles. The van der Waals surface area contributed by atoms with Crippen LogP contribution in [0.25, 0.3) is 0 Å². The van der Waals surface area contributed by atoms with Crippen LogP contribution in [0.2, 0.25) is 5.02 Å². The van der Waals surface area contributed by atoms with Crippen molar-refractivity contribution >= 4 is 29.1 Å². The Morgan fingerprint density at radius 3 is 2.54 bits per heavy atom. The summed E-state index contributed by atoms with van der Waals surface area (Å²) in [6, 6.07) is 4.99. The van der Waals surface area contributed by atoms with Crippen molar-refractivity contribution < 1.29 is 14.3 Å². The van der Waals surface area contributed by atoms with Crippen LogP contribution in [-0.4, -0.2) is 50.5 Å². The highest BCUT2D eigenvalue weighted by molar-refractivity contribution is 6.31. The summed E-state index contributed by atoms with van der Waals surface area (Å²) < 4.78 is 5.18. The van der Waals surface area contributed by atoms with Gasteiger partial charge in [0.1, 0.15) is 5.75 Å². The second-order valence-corrected chi connectivity index (χ2v) is 6.53. The number of carbonyl (C=O) groups excluding carboxylic acids is 2. The van der Waals surface area contributed by atoms with Gasteiger partial charge >= 0.3 is 0 Å². The van der Waals surface area contributed by atoms with Crippen LogP contribution in [0.3, 0.4) is 0 Å². The van der Waals surface area contributed by atoms with Gasteiger partial charge in [-0.1, -0.05) is 25.4 Å². The first-order valence-electron chi connectivity index (χ1n) is 7.90. The van der Waals surface area contributed by atoms with Crippen LogP contribution in [0.5, 0.6) is 5.75 Å². The summed E-state index contributed by atoms with van der Waals surface area (Å²) in [5.74, 6) is 0.739. The third-order valence-electron chi connectivity index (χ3n) is 3.31. The molecule has 0 aliphatic carbocycles. The maximum absolute atomic E-state index is 12.1. The van der Waals surface area contributed by atoms with Gasteiger partial charge in [-0.05, 0) is 37.6 Å². The predicted molar refractivity (Wildman–Crippen MR) is 96.6 cm³/mol. The molecule has 0 aliphatic heterocycles. The van der Waals surface area contributed by atoms with Crippen LogP contribution in [0.15, 0.2) is 18.2 Å². The molecule has 24 heavy (non-hydrogen) atoms. The molecule has 0 heterocycles. The lowest BCUT2D eigenvalue weighted by Crippen LogP contribution is -2.39. The van der Waals surface area contributed by atoms with Crippen molar-refractivity contribution in [2.45, 2.75) is 20.3 Å². The maximum atomic E-state index is 12.1. The minimum atomic E-state index is -0.243. The lowest BCUT2D eigenvalue weighted by Gasteiger charge is -2.17. The number of ether oxygens (including phenoxy) is 1. The van der Waals surface area contributed by atoms with Gasteiger partial charge in [0.2, 0.25) is 11.8 Å². The number of rotatable bonds is 9. The van der Waals surface area contributed by atoms with E-state index in [0.29, 0.717) is 28.9 Å². The number of anilines is 1. The molecular weight excluding hydrogens is 330 g/mol. The molecule has 1 aromatic rings. The number of likely N-dealkylation sites (N-methyl/N-ethyl adjacent to an activating group) is 1. The topological polar surface area (TPSA) is 70.7 Å². The average Bonchev–Trinajstić information content (AvgIpc) is 2.46. The van der Waals surface area contributed by atoms with E-state index in [1.165, 1.54) is 7.11 Å². The summed E-state index contributed by atoms with van der Waals surface area (Å²) in [6.45, 7) is 5.11. The Morgan fingerprint density at radius 1 is 1.25 bits per heavy atom. The van der Waals surface area contributed by atoms with Gasteiger partial charge in [-0.25, -0.2) is 0 Å². The Bertz CT molecular complexity index is 564. The molecule has 6 nitrogen and oxygen atoms in total. The summed E-state index contributed by atoms with van der Waals surface area (Å²) in [5, 5.41) is 6.09. The Labute approximate surface area is 148 Å². The first-order chi connectivity index (χ1) is 11.3. The van der Waals surface area contributed by atoms with E-state index in [-0.39, 0.29) is 24.9 Å². The van der Waals surface area contributed by atoms with E-state index in [9.17, 15) is 9.59 Å². The molecule has 0 aliphatic rings. The zero-order valence-electron chi connectivity index (χ0n) is 14.7. The molecule has 1 aromatic carbocycles. The third-order valence-corrected chi connectivity index (χ3v) is 3.54. The van der Waals surface area contributed by atoms with E-state index in [2.05, 4.69) is 24.5 Å². The molecule has 2 amide bonds. The molecule has 2 N–H and O–H groups in total. The highest BCUT2D eigenvalue weighted by Crippen LogP contribution is 2.27. The van der Waals surface area contributed by atoms with Crippen LogP contribution in [0.4, 0.5) is 5.69 Å². The second-order valence-electron chi connectivity index (χ2n) is 6.10. The minimum absolute atomic E-state index is 0.0905. The molecule has 0 saturated carbocycles. The fourth-order valence-corrected chi connectivity index (χ4v) is 2.24. The highest BCUT2D eigenvalue weighted by atomic mass is 35.5. The van der Waals surface area contributed by atoms with Crippen molar-refractivity contribution in [2.75, 3.05) is 39.1 Å². The SMILES string of the molecule is COc1ccc(Cl)cc1NC(=O)CN(C)CC(=O)NCCC(C)C. The molecule has 0 spiro atoms. The van der Waals surface area contributed by atoms with Crippen molar-refractivity contribution in [2.24, 2.45) is 5.92 Å². The van der Waals surface area contributed by atoms with Gasteiger partial charge in [-0.15, -0.1) is 0 Å². The largest absolute Gasteiger partial charge is 0.495 e. The smallest absolute Gasteiger partial charge is 0.238 e. The van der Waals surface area contributed by atoms with Gasteiger partial charge in [0, 0.05) is 11.6 Å². The van der Waals surface area contributed by atoms with Gasteiger partial charge in [0.25, 0.3) is 0 Å². The molecule has 7 heteroatoms. The first-order valence-corrected chi connectivity index (χ1v) is 8.28. The number of methoxy groups -OCH3 is 1. The molecule has 134 valence electrons. The molecule has 0 atom stereocenters. The Morgan fingerprint density at radius 2 is 1.92 bits per heavy atom. The summed E-state index contributed by atoms with van der Waals surface area (Å²) in [7, 11) is 3.24. The number of amides is 2. The minimum Gasteiger partial charge on any atom is -0.495 e. The van der Waals surface area contributed by atoms with Crippen molar-refractivity contribution in [1.29, 1.82) is 0 Å².